The van der Waals surface area contributed by atoms with Crippen LogP contribution < -0.4 is 0 Å². The third kappa shape index (κ3) is 4.44. The largest absolute Gasteiger partial charge is 0.380 e. The maximum atomic E-state index is 5.87. The van der Waals surface area contributed by atoms with Crippen LogP contribution in [0.25, 0.3) is 0 Å². The highest BCUT2D eigenvalue weighted by molar-refractivity contribution is 4.90. The molecule has 2 unspecified atom stereocenters. The van der Waals surface area contributed by atoms with Gasteiger partial charge in [-0.15, -0.1) is 0 Å². The summed E-state index contributed by atoms with van der Waals surface area (Å²) in [7, 11) is 3.97. The van der Waals surface area contributed by atoms with Crippen LogP contribution in [-0.2, 0) is 9.47 Å². The van der Waals surface area contributed by atoms with Gasteiger partial charge in [-0.1, -0.05) is 27.2 Å². The van der Waals surface area contributed by atoms with Crippen LogP contribution in [-0.4, -0.2) is 43.5 Å². The van der Waals surface area contributed by atoms with E-state index in [1.165, 1.54) is 19.3 Å². The molecule has 2 atom stereocenters. The minimum absolute atomic E-state index is 0.166. The molecule has 0 radical (unpaired) electrons. The lowest BCUT2D eigenvalue weighted by Crippen LogP contribution is -2.46. The zero-order chi connectivity index (χ0) is 14.7. The highest BCUT2D eigenvalue weighted by atomic mass is 16.5. The van der Waals surface area contributed by atoms with Crippen LogP contribution in [0, 0.1) is 5.41 Å². The highest BCUT2D eigenvalue weighted by Gasteiger charge is 2.41. The number of hydrogen-bond donors (Lipinski definition) is 0. The highest BCUT2D eigenvalue weighted by Crippen LogP contribution is 2.33. The summed E-state index contributed by atoms with van der Waals surface area (Å²) in [6.07, 6.45) is 5.13. The Balaban J connectivity index is 2.55. The third-order valence-electron chi connectivity index (χ3n) is 4.72. The maximum Gasteiger partial charge on any atom is 0.116 e. The van der Waals surface area contributed by atoms with Gasteiger partial charge in [0.25, 0.3) is 0 Å². The van der Waals surface area contributed by atoms with E-state index in [1.807, 2.05) is 7.11 Å². The van der Waals surface area contributed by atoms with Crippen molar-refractivity contribution in [2.45, 2.75) is 78.2 Å². The molecule has 0 aromatic rings. The zero-order valence-electron chi connectivity index (χ0n) is 14.0. The van der Waals surface area contributed by atoms with Gasteiger partial charge in [0.2, 0.25) is 0 Å². The van der Waals surface area contributed by atoms with Crippen molar-refractivity contribution in [3.05, 3.63) is 0 Å². The average molecular weight is 271 g/mol. The Labute approximate surface area is 119 Å². The van der Waals surface area contributed by atoms with Gasteiger partial charge in [0, 0.05) is 7.11 Å². The normalized spacial score (nSPS) is 25.7. The van der Waals surface area contributed by atoms with Crippen LogP contribution in [0.2, 0.25) is 0 Å². The Bertz CT molecular complexity index is 276. The van der Waals surface area contributed by atoms with Crippen molar-refractivity contribution in [3.63, 3.8) is 0 Å². The van der Waals surface area contributed by atoms with E-state index in [0.29, 0.717) is 11.5 Å². The van der Waals surface area contributed by atoms with E-state index in [2.05, 4.69) is 46.6 Å². The van der Waals surface area contributed by atoms with Crippen molar-refractivity contribution in [1.82, 2.24) is 4.90 Å². The monoisotopic (exact) mass is 271 g/mol. The molecule has 1 aliphatic rings. The van der Waals surface area contributed by atoms with Gasteiger partial charge in [-0.25, -0.2) is 0 Å². The van der Waals surface area contributed by atoms with Crippen LogP contribution in [0.1, 0.15) is 60.3 Å². The Kier molecular flexibility index (Phi) is 5.84. The second-order valence-corrected chi connectivity index (χ2v) is 7.16. The summed E-state index contributed by atoms with van der Waals surface area (Å²) >= 11 is 0. The number of likely N-dealkylation sites (N-methyl/N-ethyl adjacent to an activating group) is 1. The maximum absolute atomic E-state index is 5.87. The van der Waals surface area contributed by atoms with E-state index in [9.17, 15) is 0 Å². The topological polar surface area (TPSA) is 21.7 Å². The fraction of sp³-hybridized carbons (Fsp3) is 1.00. The number of nitrogens with zero attached hydrogens (tertiary/aromatic N) is 1. The Morgan fingerprint density at radius 1 is 1.37 bits per heavy atom. The van der Waals surface area contributed by atoms with Gasteiger partial charge in [-0.2, -0.15) is 0 Å². The van der Waals surface area contributed by atoms with Crippen molar-refractivity contribution in [1.29, 1.82) is 0 Å². The van der Waals surface area contributed by atoms with E-state index in [-0.39, 0.29) is 11.8 Å². The smallest absolute Gasteiger partial charge is 0.116 e. The molecule has 0 aromatic carbocycles. The van der Waals surface area contributed by atoms with Crippen LogP contribution in [0.15, 0.2) is 0 Å². The van der Waals surface area contributed by atoms with Gasteiger partial charge in [0.1, 0.15) is 5.72 Å². The lowest BCUT2D eigenvalue weighted by Gasteiger charge is -2.34. The Morgan fingerprint density at radius 2 is 2.00 bits per heavy atom. The molecule has 19 heavy (non-hydrogen) atoms. The molecule has 0 aromatic heterocycles. The molecule has 3 nitrogen and oxygen atoms in total. The van der Waals surface area contributed by atoms with E-state index in [4.69, 9.17) is 9.47 Å². The third-order valence-corrected chi connectivity index (χ3v) is 4.72. The second kappa shape index (κ2) is 6.55. The molecule has 0 bridgehead atoms. The molecule has 1 rings (SSSR count). The summed E-state index contributed by atoms with van der Waals surface area (Å²) < 4.78 is 11.6. The Hall–Kier alpha value is -0.120. The van der Waals surface area contributed by atoms with Crippen LogP contribution in [0.3, 0.4) is 0 Å². The summed E-state index contributed by atoms with van der Waals surface area (Å²) in [5.41, 5.74) is 0.249. The molecule has 0 amide bonds. The first-order chi connectivity index (χ1) is 8.73. The first kappa shape index (κ1) is 16.9. The molecule has 1 heterocycles. The van der Waals surface area contributed by atoms with Crippen molar-refractivity contribution in [2.24, 2.45) is 5.41 Å². The van der Waals surface area contributed by atoms with Crippen molar-refractivity contribution in [3.8, 4) is 0 Å². The van der Waals surface area contributed by atoms with Gasteiger partial charge in [0.05, 0.1) is 18.8 Å². The van der Waals surface area contributed by atoms with Gasteiger partial charge < -0.3 is 9.47 Å². The first-order valence-corrected chi connectivity index (χ1v) is 7.63. The molecule has 1 fully saturated rings. The molecule has 0 aliphatic carbocycles. The fourth-order valence-electron chi connectivity index (χ4n) is 3.06. The van der Waals surface area contributed by atoms with Crippen molar-refractivity contribution >= 4 is 0 Å². The number of rotatable bonds is 7. The molecule has 0 saturated carbocycles. The quantitative estimate of drug-likeness (QED) is 0.705. The summed E-state index contributed by atoms with van der Waals surface area (Å²) in [5, 5.41) is 0. The predicted octanol–water partition coefficient (Wildman–Crippen LogP) is 3.67. The molecule has 1 aliphatic heterocycles. The molecule has 0 spiro atoms. The fourth-order valence-corrected chi connectivity index (χ4v) is 3.06. The summed E-state index contributed by atoms with van der Waals surface area (Å²) in [4.78, 5) is 2.31. The SMILES string of the molecule is CCCC(C)(C)CCC(OC)C1COC(C)(C)N1C. The number of hydrogen-bond acceptors (Lipinski definition) is 3. The van der Waals surface area contributed by atoms with E-state index < -0.39 is 0 Å². The molecule has 1 saturated heterocycles. The standard InChI is InChI=1S/C16H33NO2/c1-8-10-15(2,3)11-9-14(18-7)13-12-19-16(4,5)17(13)6/h13-14H,8-12H2,1-7H3. The van der Waals surface area contributed by atoms with Gasteiger partial charge in [-0.05, 0) is 45.6 Å². The lowest BCUT2D eigenvalue weighted by molar-refractivity contribution is -0.0496. The number of ether oxygens (including phenoxy) is 2. The summed E-state index contributed by atoms with van der Waals surface area (Å²) in [5.74, 6) is 0. The van der Waals surface area contributed by atoms with Gasteiger partial charge >= 0.3 is 0 Å². The molecule has 3 heteroatoms. The summed E-state index contributed by atoms with van der Waals surface area (Å²) in [6, 6.07) is 0.373. The predicted molar refractivity (Wildman–Crippen MR) is 80.3 cm³/mol. The molecular formula is C16H33NO2. The van der Waals surface area contributed by atoms with Crippen molar-refractivity contribution < 1.29 is 9.47 Å². The van der Waals surface area contributed by atoms with Crippen LogP contribution >= 0.6 is 0 Å². The van der Waals surface area contributed by atoms with Crippen LogP contribution in [0.5, 0.6) is 0 Å². The Morgan fingerprint density at radius 3 is 2.42 bits per heavy atom. The second-order valence-electron chi connectivity index (χ2n) is 7.16. The molecular weight excluding hydrogens is 238 g/mol. The van der Waals surface area contributed by atoms with Gasteiger partial charge in [0.15, 0.2) is 0 Å². The van der Waals surface area contributed by atoms with E-state index >= 15 is 0 Å². The van der Waals surface area contributed by atoms with E-state index in [1.54, 1.807) is 0 Å². The zero-order valence-corrected chi connectivity index (χ0v) is 14.0. The minimum atomic E-state index is -0.166. The lowest BCUT2D eigenvalue weighted by atomic mass is 9.82. The summed E-state index contributed by atoms with van der Waals surface area (Å²) in [6.45, 7) is 12.0. The number of methoxy groups -OCH3 is 1. The minimum Gasteiger partial charge on any atom is -0.380 e. The average Bonchev–Trinajstić information content (AvgIpc) is 2.57. The van der Waals surface area contributed by atoms with Crippen LogP contribution in [0.4, 0.5) is 0 Å². The molecule has 0 N–H and O–H groups in total. The van der Waals surface area contributed by atoms with E-state index in [0.717, 1.165) is 13.0 Å². The molecule has 114 valence electrons. The first-order valence-electron chi connectivity index (χ1n) is 7.63. The van der Waals surface area contributed by atoms with Gasteiger partial charge in [-0.3, -0.25) is 4.90 Å². The van der Waals surface area contributed by atoms with Crippen molar-refractivity contribution in [2.75, 3.05) is 20.8 Å².